The van der Waals surface area contributed by atoms with E-state index in [9.17, 15) is 13.2 Å². The molecule has 0 aliphatic carbocycles. The number of aromatic nitrogens is 1. The number of thiazole rings is 1. The maximum Gasteiger partial charge on any atom is 0.262 e. The number of sulfonamides is 1. The molecular weight excluding hydrogens is 430 g/mol. The van der Waals surface area contributed by atoms with Gasteiger partial charge in [-0.2, -0.15) is 0 Å². The molecule has 8 heteroatoms. The second-order valence-electron chi connectivity index (χ2n) is 7.21. The number of anilines is 1. The number of benzene rings is 3. The van der Waals surface area contributed by atoms with E-state index in [0.29, 0.717) is 23.4 Å². The lowest BCUT2D eigenvalue weighted by molar-refractivity contribution is 0.0951. The van der Waals surface area contributed by atoms with E-state index in [1.54, 1.807) is 37.3 Å². The second-order valence-corrected chi connectivity index (χ2v) is 9.98. The van der Waals surface area contributed by atoms with Gasteiger partial charge in [0.2, 0.25) is 0 Å². The third-order valence-corrected chi connectivity index (χ3v) is 7.31. The van der Waals surface area contributed by atoms with Gasteiger partial charge in [0.1, 0.15) is 5.01 Å². The Balaban J connectivity index is 1.48. The van der Waals surface area contributed by atoms with Crippen molar-refractivity contribution in [3.63, 3.8) is 0 Å². The summed E-state index contributed by atoms with van der Waals surface area (Å²) < 4.78 is 29.3. The molecule has 4 aromatic rings. The topological polar surface area (TPSA) is 88.2 Å². The van der Waals surface area contributed by atoms with Gasteiger partial charge in [-0.3, -0.25) is 9.52 Å². The fourth-order valence-corrected chi connectivity index (χ4v) is 5.47. The molecule has 2 N–H and O–H groups in total. The van der Waals surface area contributed by atoms with E-state index in [4.69, 9.17) is 0 Å². The van der Waals surface area contributed by atoms with Crippen molar-refractivity contribution in [2.24, 2.45) is 0 Å². The molecule has 31 heavy (non-hydrogen) atoms. The molecule has 0 atom stereocenters. The standard InChI is InChI=1S/C23H21N3O3S2/c1-15-10-11-16(2)21(12-15)31(28,29)26-18-7-5-6-17(13-18)23(27)24-14-22-25-19-8-3-4-9-20(19)30-22/h3-13,26H,14H2,1-2H3,(H,24,27). The molecule has 158 valence electrons. The van der Waals surface area contributed by atoms with Crippen LogP contribution in [0.5, 0.6) is 0 Å². The van der Waals surface area contributed by atoms with Crippen LogP contribution in [0.4, 0.5) is 5.69 Å². The molecule has 1 amide bonds. The number of carbonyl (C=O) groups is 1. The highest BCUT2D eigenvalue weighted by Crippen LogP contribution is 2.23. The molecule has 3 aromatic carbocycles. The predicted molar refractivity (Wildman–Crippen MR) is 124 cm³/mol. The van der Waals surface area contributed by atoms with Crippen LogP contribution in [0.15, 0.2) is 71.6 Å². The fraction of sp³-hybridized carbons (Fsp3) is 0.130. The zero-order valence-corrected chi connectivity index (χ0v) is 18.7. The molecule has 0 spiro atoms. The molecule has 0 aliphatic heterocycles. The Morgan fingerprint density at radius 3 is 2.61 bits per heavy atom. The highest BCUT2D eigenvalue weighted by molar-refractivity contribution is 7.92. The van der Waals surface area contributed by atoms with Crippen molar-refractivity contribution >= 4 is 43.2 Å². The van der Waals surface area contributed by atoms with Gasteiger partial charge in [0.25, 0.3) is 15.9 Å². The highest BCUT2D eigenvalue weighted by atomic mass is 32.2. The Labute approximate surface area is 185 Å². The summed E-state index contributed by atoms with van der Waals surface area (Å²) in [5.74, 6) is -0.299. The van der Waals surface area contributed by atoms with E-state index in [-0.39, 0.29) is 10.8 Å². The number of nitrogens with one attached hydrogen (secondary N) is 2. The lowest BCUT2D eigenvalue weighted by Gasteiger charge is -2.12. The van der Waals surface area contributed by atoms with Crippen LogP contribution in [0, 0.1) is 13.8 Å². The van der Waals surface area contributed by atoms with Gasteiger partial charge < -0.3 is 5.32 Å². The summed E-state index contributed by atoms with van der Waals surface area (Å²) in [5.41, 5.74) is 3.10. The molecule has 0 bridgehead atoms. The first-order valence-electron chi connectivity index (χ1n) is 9.65. The number of hydrogen-bond donors (Lipinski definition) is 2. The third kappa shape index (κ3) is 4.76. The number of hydrogen-bond acceptors (Lipinski definition) is 5. The number of fused-ring (bicyclic) bond motifs is 1. The smallest absolute Gasteiger partial charge is 0.262 e. The summed E-state index contributed by atoms with van der Waals surface area (Å²) in [6.07, 6.45) is 0. The van der Waals surface area contributed by atoms with Crippen molar-refractivity contribution in [2.75, 3.05) is 4.72 Å². The quantitative estimate of drug-likeness (QED) is 0.447. The first-order chi connectivity index (χ1) is 14.8. The van der Waals surface area contributed by atoms with Crippen molar-refractivity contribution < 1.29 is 13.2 Å². The van der Waals surface area contributed by atoms with Crippen LogP contribution in [0.25, 0.3) is 10.2 Å². The summed E-state index contributed by atoms with van der Waals surface area (Å²) in [4.78, 5) is 17.3. The lowest BCUT2D eigenvalue weighted by Crippen LogP contribution is -2.23. The van der Waals surface area contributed by atoms with E-state index in [1.807, 2.05) is 37.3 Å². The second kappa shape index (κ2) is 8.49. The summed E-state index contributed by atoms with van der Waals surface area (Å²) in [5, 5.41) is 3.65. The SMILES string of the molecule is Cc1ccc(C)c(S(=O)(=O)Nc2cccc(C(=O)NCc3nc4ccccc4s3)c2)c1. The molecule has 0 fully saturated rings. The van der Waals surface area contributed by atoms with E-state index < -0.39 is 10.0 Å². The molecule has 0 aliphatic rings. The van der Waals surface area contributed by atoms with Gasteiger partial charge in [-0.1, -0.05) is 30.3 Å². The van der Waals surface area contributed by atoms with Crippen LogP contribution in [0.2, 0.25) is 0 Å². The molecule has 1 heterocycles. The van der Waals surface area contributed by atoms with E-state index in [0.717, 1.165) is 20.8 Å². The molecular formula is C23H21N3O3S2. The molecule has 0 unspecified atom stereocenters. The zero-order valence-electron chi connectivity index (χ0n) is 17.0. The monoisotopic (exact) mass is 451 g/mol. The highest BCUT2D eigenvalue weighted by Gasteiger charge is 2.18. The Bertz CT molecular complexity index is 1340. The first kappa shape index (κ1) is 21.0. The maximum absolute atomic E-state index is 12.8. The number of amides is 1. The molecule has 1 aromatic heterocycles. The Morgan fingerprint density at radius 2 is 1.81 bits per heavy atom. The van der Waals surface area contributed by atoms with Gasteiger partial charge in [0.15, 0.2) is 0 Å². The Morgan fingerprint density at radius 1 is 1.00 bits per heavy atom. The third-order valence-electron chi connectivity index (χ3n) is 4.75. The molecule has 4 rings (SSSR count). The Kier molecular flexibility index (Phi) is 5.75. The Hall–Kier alpha value is -3.23. The summed E-state index contributed by atoms with van der Waals surface area (Å²) in [6.45, 7) is 3.89. The van der Waals surface area contributed by atoms with Crippen molar-refractivity contribution in [2.45, 2.75) is 25.3 Å². The van der Waals surface area contributed by atoms with Gasteiger partial charge in [0, 0.05) is 11.3 Å². The maximum atomic E-state index is 12.8. The minimum absolute atomic E-state index is 0.221. The largest absolute Gasteiger partial charge is 0.346 e. The fourth-order valence-electron chi connectivity index (χ4n) is 3.18. The van der Waals surface area contributed by atoms with Crippen molar-refractivity contribution in [1.82, 2.24) is 10.3 Å². The first-order valence-corrected chi connectivity index (χ1v) is 11.9. The summed E-state index contributed by atoms with van der Waals surface area (Å²) in [6, 6.07) is 19.5. The van der Waals surface area contributed by atoms with Crippen LogP contribution in [-0.2, 0) is 16.6 Å². The molecule has 0 saturated heterocycles. The average molecular weight is 452 g/mol. The van der Waals surface area contributed by atoms with E-state index in [2.05, 4.69) is 15.0 Å². The molecule has 0 saturated carbocycles. The number of aryl methyl sites for hydroxylation is 2. The predicted octanol–water partition coefficient (Wildman–Crippen LogP) is 4.64. The van der Waals surface area contributed by atoms with Crippen LogP contribution in [-0.4, -0.2) is 19.3 Å². The van der Waals surface area contributed by atoms with Gasteiger partial charge >= 0.3 is 0 Å². The molecule has 0 radical (unpaired) electrons. The zero-order chi connectivity index (χ0) is 22.0. The van der Waals surface area contributed by atoms with Crippen molar-refractivity contribution in [1.29, 1.82) is 0 Å². The van der Waals surface area contributed by atoms with E-state index in [1.165, 1.54) is 17.4 Å². The summed E-state index contributed by atoms with van der Waals surface area (Å²) in [7, 11) is -3.77. The minimum atomic E-state index is -3.77. The van der Waals surface area contributed by atoms with Gasteiger partial charge in [0.05, 0.1) is 21.7 Å². The van der Waals surface area contributed by atoms with Crippen LogP contribution >= 0.6 is 11.3 Å². The van der Waals surface area contributed by atoms with Crippen molar-refractivity contribution in [3.8, 4) is 0 Å². The van der Waals surface area contributed by atoms with E-state index >= 15 is 0 Å². The van der Waals surface area contributed by atoms with Gasteiger partial charge in [-0.05, 0) is 61.4 Å². The van der Waals surface area contributed by atoms with Crippen LogP contribution in [0.3, 0.4) is 0 Å². The average Bonchev–Trinajstić information content (AvgIpc) is 3.16. The van der Waals surface area contributed by atoms with Crippen molar-refractivity contribution in [3.05, 3.63) is 88.4 Å². The normalized spacial score (nSPS) is 11.4. The lowest BCUT2D eigenvalue weighted by atomic mass is 10.2. The number of para-hydroxylation sites is 1. The van der Waals surface area contributed by atoms with Gasteiger partial charge in [-0.15, -0.1) is 11.3 Å². The summed E-state index contributed by atoms with van der Waals surface area (Å²) >= 11 is 1.53. The number of nitrogens with zero attached hydrogens (tertiary/aromatic N) is 1. The minimum Gasteiger partial charge on any atom is -0.346 e. The number of rotatable bonds is 6. The number of carbonyl (C=O) groups excluding carboxylic acids is 1. The molecule has 6 nitrogen and oxygen atoms in total. The van der Waals surface area contributed by atoms with Crippen LogP contribution < -0.4 is 10.0 Å². The van der Waals surface area contributed by atoms with Gasteiger partial charge in [-0.25, -0.2) is 13.4 Å². The van der Waals surface area contributed by atoms with Crippen LogP contribution in [0.1, 0.15) is 26.5 Å².